The predicted octanol–water partition coefficient (Wildman–Crippen LogP) is 3.97. The fraction of sp³-hybridized carbons (Fsp3) is 0.462. The Morgan fingerprint density at radius 2 is 1.57 bits per heavy atom. The van der Waals surface area contributed by atoms with Crippen LogP contribution >= 0.6 is 0 Å². The van der Waals surface area contributed by atoms with Gasteiger partial charge in [-0.05, 0) is 49.4 Å². The highest BCUT2D eigenvalue weighted by atomic mass is 14.7. The summed E-state index contributed by atoms with van der Waals surface area (Å²) in [6.07, 6.45) is 2.00. The maximum absolute atomic E-state index is 4.48. The molecule has 0 radical (unpaired) electrons. The smallest absolute Gasteiger partial charge is 0.0657 e. The standard InChI is InChI=1S/C13H19N/c1-9(2)8-14-13-7-11(4)10(3)6-12(13)5/h6-9H,1-5H3. The zero-order valence-electron chi connectivity index (χ0n) is 9.76. The quantitative estimate of drug-likeness (QED) is 0.624. The molecular formula is C13H19N. The summed E-state index contributed by atoms with van der Waals surface area (Å²) in [7, 11) is 0. The summed E-state index contributed by atoms with van der Waals surface area (Å²) in [5.41, 5.74) is 5.00. The monoisotopic (exact) mass is 189 g/mol. The first-order chi connectivity index (χ1) is 6.50. The van der Waals surface area contributed by atoms with Crippen LogP contribution in [0.1, 0.15) is 30.5 Å². The van der Waals surface area contributed by atoms with Crippen LogP contribution in [0.3, 0.4) is 0 Å². The van der Waals surface area contributed by atoms with E-state index in [0.29, 0.717) is 5.92 Å². The summed E-state index contributed by atoms with van der Waals surface area (Å²) >= 11 is 0. The van der Waals surface area contributed by atoms with Gasteiger partial charge in [0.05, 0.1) is 5.69 Å². The molecule has 0 atom stereocenters. The lowest BCUT2D eigenvalue weighted by Crippen LogP contribution is -1.88. The van der Waals surface area contributed by atoms with Crippen LogP contribution in [0, 0.1) is 26.7 Å². The molecule has 0 aliphatic rings. The van der Waals surface area contributed by atoms with E-state index in [2.05, 4.69) is 51.7 Å². The van der Waals surface area contributed by atoms with Crippen LogP contribution in [0.2, 0.25) is 0 Å². The SMILES string of the molecule is Cc1cc(C)c(N=CC(C)C)cc1C. The van der Waals surface area contributed by atoms with E-state index in [9.17, 15) is 0 Å². The highest BCUT2D eigenvalue weighted by Gasteiger charge is 1.99. The molecular weight excluding hydrogens is 170 g/mol. The van der Waals surface area contributed by atoms with Crippen LogP contribution in [-0.2, 0) is 0 Å². The molecule has 76 valence electrons. The average molecular weight is 189 g/mol. The van der Waals surface area contributed by atoms with Crippen molar-refractivity contribution in [2.24, 2.45) is 10.9 Å². The molecule has 1 rings (SSSR count). The lowest BCUT2D eigenvalue weighted by Gasteiger charge is -2.05. The van der Waals surface area contributed by atoms with E-state index in [1.807, 2.05) is 6.21 Å². The van der Waals surface area contributed by atoms with Gasteiger partial charge in [-0.3, -0.25) is 4.99 Å². The molecule has 1 aromatic carbocycles. The van der Waals surface area contributed by atoms with E-state index in [4.69, 9.17) is 0 Å². The Hall–Kier alpha value is -1.11. The van der Waals surface area contributed by atoms with Crippen molar-refractivity contribution in [3.63, 3.8) is 0 Å². The lowest BCUT2D eigenvalue weighted by molar-refractivity contribution is 0.907. The number of nitrogens with zero attached hydrogens (tertiary/aromatic N) is 1. The number of aliphatic imine (C=N–C) groups is 1. The van der Waals surface area contributed by atoms with Gasteiger partial charge in [0.1, 0.15) is 0 Å². The summed E-state index contributed by atoms with van der Waals surface area (Å²) in [5, 5.41) is 0. The summed E-state index contributed by atoms with van der Waals surface area (Å²) in [4.78, 5) is 4.48. The van der Waals surface area contributed by atoms with E-state index in [1.165, 1.54) is 16.7 Å². The van der Waals surface area contributed by atoms with Crippen LogP contribution in [0.15, 0.2) is 17.1 Å². The number of rotatable bonds is 2. The van der Waals surface area contributed by atoms with Gasteiger partial charge >= 0.3 is 0 Å². The van der Waals surface area contributed by atoms with E-state index < -0.39 is 0 Å². The maximum atomic E-state index is 4.48. The fourth-order valence-corrected chi connectivity index (χ4v) is 1.31. The third-order valence-corrected chi connectivity index (χ3v) is 2.32. The second kappa shape index (κ2) is 4.41. The van der Waals surface area contributed by atoms with E-state index >= 15 is 0 Å². The van der Waals surface area contributed by atoms with Crippen molar-refractivity contribution in [3.8, 4) is 0 Å². The maximum Gasteiger partial charge on any atom is 0.0657 e. The Kier molecular flexibility index (Phi) is 3.45. The van der Waals surface area contributed by atoms with Crippen LogP contribution in [0.5, 0.6) is 0 Å². The Bertz CT molecular complexity index is 348. The molecule has 1 heteroatoms. The van der Waals surface area contributed by atoms with Gasteiger partial charge in [0.2, 0.25) is 0 Å². The first-order valence-corrected chi connectivity index (χ1v) is 5.12. The molecule has 0 saturated carbocycles. The molecule has 0 amide bonds. The molecule has 0 fully saturated rings. The molecule has 0 aromatic heterocycles. The van der Waals surface area contributed by atoms with Crippen molar-refractivity contribution < 1.29 is 0 Å². The Balaban J connectivity index is 3.04. The summed E-state index contributed by atoms with van der Waals surface area (Å²) in [6, 6.07) is 4.35. The first kappa shape index (κ1) is 11.0. The van der Waals surface area contributed by atoms with Crippen LogP contribution in [0.25, 0.3) is 0 Å². The summed E-state index contributed by atoms with van der Waals surface area (Å²) in [5.74, 6) is 0.510. The predicted molar refractivity (Wildman–Crippen MR) is 63.6 cm³/mol. The Morgan fingerprint density at radius 1 is 1.00 bits per heavy atom. The molecule has 0 spiro atoms. The fourth-order valence-electron chi connectivity index (χ4n) is 1.31. The first-order valence-electron chi connectivity index (χ1n) is 5.12. The van der Waals surface area contributed by atoms with Crippen molar-refractivity contribution in [2.75, 3.05) is 0 Å². The molecule has 0 heterocycles. The topological polar surface area (TPSA) is 12.4 Å². The minimum absolute atomic E-state index is 0.510. The molecule has 14 heavy (non-hydrogen) atoms. The third kappa shape index (κ3) is 2.69. The number of hydrogen-bond donors (Lipinski definition) is 0. The van der Waals surface area contributed by atoms with Gasteiger partial charge < -0.3 is 0 Å². The minimum atomic E-state index is 0.510. The Morgan fingerprint density at radius 3 is 2.14 bits per heavy atom. The minimum Gasteiger partial charge on any atom is -0.261 e. The third-order valence-electron chi connectivity index (χ3n) is 2.32. The highest BCUT2D eigenvalue weighted by Crippen LogP contribution is 2.22. The van der Waals surface area contributed by atoms with Crippen molar-refractivity contribution in [2.45, 2.75) is 34.6 Å². The van der Waals surface area contributed by atoms with E-state index in [0.717, 1.165) is 5.69 Å². The van der Waals surface area contributed by atoms with Crippen LogP contribution in [0.4, 0.5) is 5.69 Å². The normalized spacial score (nSPS) is 11.6. The van der Waals surface area contributed by atoms with E-state index in [-0.39, 0.29) is 0 Å². The molecule has 0 aliphatic carbocycles. The molecule has 1 aromatic rings. The molecule has 0 bridgehead atoms. The second-order valence-electron chi connectivity index (χ2n) is 4.25. The van der Waals surface area contributed by atoms with Gasteiger partial charge in [-0.25, -0.2) is 0 Å². The largest absolute Gasteiger partial charge is 0.261 e. The van der Waals surface area contributed by atoms with Crippen LogP contribution < -0.4 is 0 Å². The molecule has 0 N–H and O–H groups in total. The zero-order valence-corrected chi connectivity index (χ0v) is 9.76. The second-order valence-corrected chi connectivity index (χ2v) is 4.25. The van der Waals surface area contributed by atoms with Crippen LogP contribution in [-0.4, -0.2) is 6.21 Å². The zero-order chi connectivity index (χ0) is 10.7. The van der Waals surface area contributed by atoms with Gasteiger partial charge in [-0.15, -0.1) is 0 Å². The number of hydrogen-bond acceptors (Lipinski definition) is 1. The molecule has 0 aliphatic heterocycles. The lowest BCUT2D eigenvalue weighted by atomic mass is 10.1. The Labute approximate surface area is 86.9 Å². The molecule has 0 unspecified atom stereocenters. The highest BCUT2D eigenvalue weighted by molar-refractivity contribution is 5.67. The van der Waals surface area contributed by atoms with Gasteiger partial charge in [-0.1, -0.05) is 19.9 Å². The average Bonchev–Trinajstić information content (AvgIpc) is 2.09. The van der Waals surface area contributed by atoms with Gasteiger partial charge in [0.25, 0.3) is 0 Å². The molecule has 1 nitrogen and oxygen atoms in total. The van der Waals surface area contributed by atoms with Gasteiger partial charge in [0, 0.05) is 6.21 Å². The van der Waals surface area contributed by atoms with Gasteiger partial charge in [0.15, 0.2) is 0 Å². The summed E-state index contributed by atoms with van der Waals surface area (Å²) in [6.45, 7) is 10.7. The van der Waals surface area contributed by atoms with Crippen molar-refractivity contribution in [1.29, 1.82) is 0 Å². The summed E-state index contributed by atoms with van der Waals surface area (Å²) < 4.78 is 0. The molecule has 0 saturated heterocycles. The van der Waals surface area contributed by atoms with Gasteiger partial charge in [-0.2, -0.15) is 0 Å². The van der Waals surface area contributed by atoms with Crippen molar-refractivity contribution in [3.05, 3.63) is 28.8 Å². The van der Waals surface area contributed by atoms with Crippen molar-refractivity contribution in [1.82, 2.24) is 0 Å². The number of aryl methyl sites for hydroxylation is 3. The van der Waals surface area contributed by atoms with Crippen molar-refractivity contribution >= 4 is 11.9 Å². The van der Waals surface area contributed by atoms with E-state index in [1.54, 1.807) is 0 Å². The number of benzene rings is 1.